The number of benzene rings is 2. The molecular formula is C22H30N2O. The second-order valence-electron chi connectivity index (χ2n) is 6.98. The maximum Gasteiger partial charge on any atom is 0.119 e. The summed E-state index contributed by atoms with van der Waals surface area (Å²) in [6.07, 6.45) is 2.67. The van der Waals surface area contributed by atoms with Crippen molar-refractivity contribution in [2.45, 2.75) is 45.9 Å². The van der Waals surface area contributed by atoms with Crippen molar-refractivity contribution < 1.29 is 4.74 Å². The molecule has 1 heterocycles. The molecule has 2 aromatic carbocycles. The smallest absolute Gasteiger partial charge is 0.119 e. The van der Waals surface area contributed by atoms with Crippen LogP contribution >= 0.6 is 0 Å². The van der Waals surface area contributed by atoms with E-state index in [0.29, 0.717) is 12.6 Å². The van der Waals surface area contributed by atoms with Crippen LogP contribution < -0.4 is 10.1 Å². The first-order chi connectivity index (χ1) is 12.2. The number of hydrogen-bond donors (Lipinski definition) is 1. The molecule has 1 saturated heterocycles. The van der Waals surface area contributed by atoms with Crippen molar-refractivity contribution in [3.63, 3.8) is 0 Å². The van der Waals surface area contributed by atoms with E-state index < -0.39 is 0 Å². The molecule has 0 aliphatic carbocycles. The summed E-state index contributed by atoms with van der Waals surface area (Å²) in [6, 6.07) is 17.6. The monoisotopic (exact) mass is 338 g/mol. The molecule has 3 nitrogen and oxygen atoms in total. The fourth-order valence-electron chi connectivity index (χ4n) is 3.60. The third-order valence-electron chi connectivity index (χ3n) is 5.03. The summed E-state index contributed by atoms with van der Waals surface area (Å²) in [5.74, 6) is 0.929. The Bertz CT molecular complexity index is 653. The van der Waals surface area contributed by atoms with Gasteiger partial charge in [-0.05, 0) is 56.1 Å². The van der Waals surface area contributed by atoms with Gasteiger partial charge in [-0.25, -0.2) is 0 Å². The number of likely N-dealkylation sites (N-methyl/N-ethyl adjacent to an activating group) is 1. The molecule has 2 aromatic rings. The summed E-state index contributed by atoms with van der Waals surface area (Å²) in [6.45, 7) is 9.42. The first-order valence-electron chi connectivity index (χ1n) is 9.46. The highest BCUT2D eigenvalue weighted by molar-refractivity contribution is 5.28. The maximum atomic E-state index is 5.89. The molecule has 1 fully saturated rings. The van der Waals surface area contributed by atoms with Crippen LogP contribution in [0.1, 0.15) is 36.5 Å². The van der Waals surface area contributed by atoms with Crippen LogP contribution in [-0.4, -0.2) is 30.6 Å². The Morgan fingerprint density at radius 1 is 1.12 bits per heavy atom. The van der Waals surface area contributed by atoms with Gasteiger partial charge in [0.1, 0.15) is 12.4 Å². The average Bonchev–Trinajstić information content (AvgIpc) is 3.09. The summed E-state index contributed by atoms with van der Waals surface area (Å²) in [5, 5.41) is 3.61. The Balaban J connectivity index is 1.42. The number of nitrogens with zero attached hydrogens (tertiary/aromatic N) is 1. The van der Waals surface area contributed by atoms with Crippen LogP contribution in [0.2, 0.25) is 0 Å². The van der Waals surface area contributed by atoms with E-state index in [0.717, 1.165) is 18.8 Å². The highest BCUT2D eigenvalue weighted by Crippen LogP contribution is 2.17. The molecular weight excluding hydrogens is 308 g/mol. The molecule has 0 spiro atoms. The predicted molar refractivity (Wildman–Crippen MR) is 104 cm³/mol. The second kappa shape index (κ2) is 9.02. The Labute approximate surface area is 152 Å². The molecule has 1 aliphatic heterocycles. The van der Waals surface area contributed by atoms with E-state index >= 15 is 0 Å². The first-order valence-corrected chi connectivity index (χ1v) is 9.46. The number of rotatable bonds is 8. The average molecular weight is 338 g/mol. The van der Waals surface area contributed by atoms with Crippen LogP contribution in [0.5, 0.6) is 5.75 Å². The van der Waals surface area contributed by atoms with E-state index in [1.807, 2.05) is 0 Å². The quantitative estimate of drug-likeness (QED) is 0.782. The number of likely N-dealkylation sites (tertiary alicyclic amines) is 1. The zero-order valence-electron chi connectivity index (χ0n) is 15.5. The van der Waals surface area contributed by atoms with Gasteiger partial charge < -0.3 is 10.1 Å². The number of nitrogens with one attached hydrogen (secondary N) is 1. The van der Waals surface area contributed by atoms with Gasteiger partial charge in [0.2, 0.25) is 0 Å². The summed E-state index contributed by atoms with van der Waals surface area (Å²) < 4.78 is 5.89. The molecule has 0 saturated carbocycles. The number of ether oxygens (including phenoxy) is 1. The summed E-state index contributed by atoms with van der Waals surface area (Å²) in [4.78, 5) is 2.58. The molecule has 0 unspecified atom stereocenters. The minimum absolute atomic E-state index is 0.619. The summed E-state index contributed by atoms with van der Waals surface area (Å²) in [7, 11) is 0. The molecule has 1 aliphatic rings. The third kappa shape index (κ3) is 5.32. The Kier molecular flexibility index (Phi) is 6.48. The van der Waals surface area contributed by atoms with Gasteiger partial charge in [0.25, 0.3) is 0 Å². The van der Waals surface area contributed by atoms with Gasteiger partial charge in [-0.2, -0.15) is 0 Å². The Morgan fingerprint density at radius 3 is 2.72 bits per heavy atom. The fourth-order valence-corrected chi connectivity index (χ4v) is 3.60. The molecule has 1 atom stereocenters. The van der Waals surface area contributed by atoms with E-state index in [1.54, 1.807) is 0 Å². The lowest BCUT2D eigenvalue weighted by atomic mass is 10.1. The van der Waals surface area contributed by atoms with Gasteiger partial charge in [-0.3, -0.25) is 4.90 Å². The topological polar surface area (TPSA) is 24.5 Å². The Hall–Kier alpha value is -1.84. The third-order valence-corrected chi connectivity index (χ3v) is 5.03. The largest absolute Gasteiger partial charge is 0.489 e. The predicted octanol–water partition coefficient (Wildman–Crippen LogP) is 4.15. The van der Waals surface area contributed by atoms with E-state index in [1.165, 1.54) is 42.6 Å². The zero-order valence-corrected chi connectivity index (χ0v) is 15.5. The lowest BCUT2D eigenvalue weighted by Gasteiger charge is -2.23. The van der Waals surface area contributed by atoms with Crippen molar-refractivity contribution in [3.05, 3.63) is 65.2 Å². The molecule has 3 heteroatoms. The van der Waals surface area contributed by atoms with Crippen molar-refractivity contribution >= 4 is 0 Å². The molecule has 3 rings (SSSR count). The normalized spacial score (nSPS) is 17.8. The highest BCUT2D eigenvalue weighted by Gasteiger charge is 2.21. The molecule has 0 radical (unpaired) electrons. The molecule has 0 bridgehead atoms. The fraction of sp³-hybridized carbons (Fsp3) is 0.455. The van der Waals surface area contributed by atoms with E-state index in [2.05, 4.69) is 72.6 Å². The van der Waals surface area contributed by atoms with Gasteiger partial charge in [0, 0.05) is 19.1 Å². The molecule has 0 amide bonds. The summed E-state index contributed by atoms with van der Waals surface area (Å²) in [5.41, 5.74) is 3.79. The second-order valence-corrected chi connectivity index (χ2v) is 6.98. The lowest BCUT2D eigenvalue weighted by Crippen LogP contribution is -2.37. The van der Waals surface area contributed by atoms with E-state index in [4.69, 9.17) is 4.74 Å². The van der Waals surface area contributed by atoms with Gasteiger partial charge in [-0.15, -0.1) is 0 Å². The van der Waals surface area contributed by atoms with Gasteiger partial charge >= 0.3 is 0 Å². The van der Waals surface area contributed by atoms with Crippen LogP contribution in [-0.2, 0) is 13.2 Å². The van der Waals surface area contributed by atoms with Crippen LogP contribution in [0.15, 0.2) is 48.5 Å². The van der Waals surface area contributed by atoms with E-state index in [9.17, 15) is 0 Å². The molecule has 134 valence electrons. The van der Waals surface area contributed by atoms with E-state index in [-0.39, 0.29) is 0 Å². The zero-order chi connectivity index (χ0) is 17.5. The van der Waals surface area contributed by atoms with Crippen molar-refractivity contribution in [2.24, 2.45) is 0 Å². The van der Waals surface area contributed by atoms with Gasteiger partial charge in [-0.1, -0.05) is 48.9 Å². The van der Waals surface area contributed by atoms with Crippen molar-refractivity contribution in [1.82, 2.24) is 10.2 Å². The lowest BCUT2D eigenvalue weighted by molar-refractivity contribution is 0.260. The Morgan fingerprint density at radius 2 is 1.96 bits per heavy atom. The minimum Gasteiger partial charge on any atom is -0.489 e. The maximum absolute atomic E-state index is 5.89. The number of hydrogen-bond acceptors (Lipinski definition) is 3. The van der Waals surface area contributed by atoms with Crippen LogP contribution in [0.25, 0.3) is 0 Å². The first kappa shape index (κ1) is 18.0. The van der Waals surface area contributed by atoms with Gasteiger partial charge in [0.05, 0.1) is 0 Å². The number of aryl methyl sites for hydroxylation is 1. The van der Waals surface area contributed by atoms with Crippen molar-refractivity contribution in [2.75, 3.05) is 19.6 Å². The standard InChI is InChI=1S/C22H30N2O/c1-3-24-13-5-8-21(24)16-23-15-19-9-11-22(12-10-19)25-17-20-7-4-6-18(2)14-20/h4,6-7,9-12,14,21,23H,3,5,8,13,15-17H2,1-2H3/t21-/m0/s1. The van der Waals surface area contributed by atoms with Crippen LogP contribution in [0, 0.1) is 6.92 Å². The van der Waals surface area contributed by atoms with Crippen molar-refractivity contribution in [1.29, 1.82) is 0 Å². The van der Waals surface area contributed by atoms with Crippen LogP contribution in [0.4, 0.5) is 0 Å². The minimum atomic E-state index is 0.619. The van der Waals surface area contributed by atoms with Gasteiger partial charge in [0.15, 0.2) is 0 Å². The summed E-state index contributed by atoms with van der Waals surface area (Å²) >= 11 is 0. The molecule has 0 aromatic heterocycles. The highest BCUT2D eigenvalue weighted by atomic mass is 16.5. The molecule has 1 N–H and O–H groups in total. The van der Waals surface area contributed by atoms with Crippen LogP contribution in [0.3, 0.4) is 0 Å². The molecule has 25 heavy (non-hydrogen) atoms. The SMILES string of the molecule is CCN1CCC[C@H]1CNCc1ccc(OCc2cccc(C)c2)cc1. The van der Waals surface area contributed by atoms with Crippen molar-refractivity contribution in [3.8, 4) is 5.75 Å².